The minimum atomic E-state index is -5.83. The molecular formula is C13H20FN4O14P3. The van der Waals surface area contributed by atoms with Crippen molar-refractivity contribution in [2.24, 2.45) is 0 Å². The molecule has 0 bridgehead atoms. The van der Waals surface area contributed by atoms with Crippen LogP contribution in [-0.4, -0.2) is 74.9 Å². The first kappa shape index (κ1) is 28.0. The summed E-state index contributed by atoms with van der Waals surface area (Å²) < 4.78 is 66.4. The number of anilines is 1. The van der Waals surface area contributed by atoms with Gasteiger partial charge >= 0.3 is 23.5 Å². The molecule has 22 heteroatoms. The molecule has 0 radical (unpaired) electrons. The van der Waals surface area contributed by atoms with Crippen LogP contribution in [0.15, 0.2) is 17.1 Å². The molecule has 0 amide bonds. The third-order valence-corrected chi connectivity index (χ3v) is 8.71. The number of aromatic nitrogens is 3. The second kappa shape index (κ2) is 9.39. The van der Waals surface area contributed by atoms with Gasteiger partial charge in [-0.05, 0) is 13.0 Å². The van der Waals surface area contributed by atoms with Crippen LogP contribution in [0.3, 0.4) is 0 Å². The van der Waals surface area contributed by atoms with Gasteiger partial charge in [0.05, 0.1) is 11.5 Å². The molecule has 2 aromatic rings. The van der Waals surface area contributed by atoms with E-state index in [0.717, 1.165) is 11.5 Å². The van der Waals surface area contributed by atoms with Crippen molar-refractivity contribution in [2.45, 2.75) is 37.1 Å². The maximum absolute atomic E-state index is 13.9. The summed E-state index contributed by atoms with van der Waals surface area (Å²) in [6, 6.07) is 1.23. The number of aliphatic hydroxyl groups excluding tert-OH is 1. The van der Waals surface area contributed by atoms with Gasteiger partial charge in [-0.1, -0.05) is 0 Å². The molecule has 2 aromatic heterocycles. The van der Waals surface area contributed by atoms with Gasteiger partial charge in [0.15, 0.2) is 17.5 Å². The summed E-state index contributed by atoms with van der Waals surface area (Å²) in [7, 11) is -17.1. The van der Waals surface area contributed by atoms with Gasteiger partial charge in [-0.3, -0.25) is 14.3 Å². The Hall–Kier alpha value is -1.56. The lowest BCUT2D eigenvalue weighted by atomic mass is 9.93. The number of hydrogen-bond donors (Lipinski definition) is 8. The molecule has 1 saturated heterocycles. The topological polar surface area (TPSA) is 286 Å². The molecule has 198 valence electrons. The third-order valence-electron chi connectivity index (χ3n) is 4.78. The van der Waals surface area contributed by atoms with Crippen LogP contribution in [0.5, 0.6) is 0 Å². The molecule has 35 heavy (non-hydrogen) atoms. The van der Waals surface area contributed by atoms with Gasteiger partial charge in [0, 0.05) is 6.20 Å². The van der Waals surface area contributed by atoms with Crippen molar-refractivity contribution in [1.29, 1.82) is 0 Å². The molecule has 0 aliphatic carbocycles. The number of halogens is 1. The van der Waals surface area contributed by atoms with E-state index in [1.54, 1.807) is 0 Å². The number of ether oxygens (including phenoxy) is 1. The molecule has 18 nitrogen and oxygen atoms in total. The molecule has 1 aliphatic heterocycles. The fraction of sp³-hybridized carbons (Fsp3) is 0.538. The summed E-state index contributed by atoms with van der Waals surface area (Å²) in [6.45, 7) is -0.669. The van der Waals surface area contributed by atoms with Crippen molar-refractivity contribution >= 4 is 40.4 Å². The van der Waals surface area contributed by atoms with Crippen molar-refractivity contribution in [3.63, 3.8) is 0 Å². The Labute approximate surface area is 193 Å². The van der Waals surface area contributed by atoms with Gasteiger partial charge in [0.1, 0.15) is 18.9 Å². The van der Waals surface area contributed by atoms with Gasteiger partial charge in [0.25, 0.3) is 5.56 Å². The molecule has 3 unspecified atom stereocenters. The van der Waals surface area contributed by atoms with Gasteiger partial charge in [-0.15, -0.1) is 0 Å². The van der Waals surface area contributed by atoms with E-state index in [9.17, 15) is 42.9 Å². The van der Waals surface area contributed by atoms with Crippen molar-refractivity contribution in [3.8, 4) is 0 Å². The molecular weight excluding hydrogens is 548 g/mol. The summed E-state index contributed by atoms with van der Waals surface area (Å²) in [5.74, 6) is -0.331. The molecule has 1 aliphatic rings. The number of nitrogens with zero attached hydrogens (tertiary/aromatic N) is 2. The SMILES string of the molecule is C[C@@H](OP(=O)(O)OP(=O)(O)OP(=O)(O)O)[C@H]1O[C@@H](n2ccc3c(=O)[nH]c(N)nc32)C(O)(CF)[C@H]1O. The lowest BCUT2D eigenvalue weighted by molar-refractivity contribution is -0.119. The van der Waals surface area contributed by atoms with Crippen LogP contribution < -0.4 is 11.3 Å². The lowest BCUT2D eigenvalue weighted by Crippen LogP contribution is -2.50. The van der Waals surface area contributed by atoms with E-state index in [4.69, 9.17) is 20.3 Å². The number of aromatic amines is 1. The molecule has 7 atom stereocenters. The highest BCUT2D eigenvalue weighted by molar-refractivity contribution is 7.66. The van der Waals surface area contributed by atoms with Crippen molar-refractivity contribution in [3.05, 3.63) is 22.6 Å². The summed E-state index contributed by atoms with van der Waals surface area (Å²) in [5.41, 5.74) is 1.95. The molecule has 1 fully saturated rings. The lowest BCUT2D eigenvalue weighted by Gasteiger charge is -2.29. The van der Waals surface area contributed by atoms with E-state index in [1.165, 1.54) is 12.3 Å². The number of phosphoric acid groups is 3. The Kier molecular flexibility index (Phi) is 7.52. The number of nitrogen functional groups attached to an aromatic ring is 1. The van der Waals surface area contributed by atoms with Crippen LogP contribution in [0, 0.1) is 0 Å². The third kappa shape index (κ3) is 5.89. The standard InChI is InChI=1S/C13H20FN4O14P3/c1-5(30-34(25,26)32-35(27,28)31-33(22,23)24)7-8(19)13(21,4-14)11(29-7)18-3-2-6-9(18)16-12(15)17-10(6)20/h2-3,5,7-8,11,19,21H,4H2,1H3,(H,25,26)(H,27,28)(H2,22,23,24)(H3,15,16,17,20)/t5-,7-,8+,11-,13?/m1/s1. The molecule has 0 saturated carbocycles. The average Bonchev–Trinajstić information content (AvgIpc) is 3.18. The fourth-order valence-corrected chi connectivity index (χ4v) is 6.61. The Balaban J connectivity index is 1.88. The van der Waals surface area contributed by atoms with Crippen LogP contribution in [-0.2, 0) is 31.6 Å². The second-order valence-corrected chi connectivity index (χ2v) is 11.7. The van der Waals surface area contributed by atoms with Crippen LogP contribution >= 0.6 is 23.5 Å². The van der Waals surface area contributed by atoms with Crippen LogP contribution in [0.25, 0.3) is 11.0 Å². The monoisotopic (exact) mass is 568 g/mol. The number of alkyl halides is 1. The number of phosphoric ester groups is 1. The quantitative estimate of drug-likeness (QED) is 0.168. The molecule has 0 aromatic carbocycles. The number of H-pyrrole nitrogens is 1. The average molecular weight is 568 g/mol. The summed E-state index contributed by atoms with van der Waals surface area (Å²) in [4.78, 5) is 54.2. The maximum atomic E-state index is 13.9. The Morgan fingerprint density at radius 1 is 1.29 bits per heavy atom. The van der Waals surface area contributed by atoms with E-state index in [0.29, 0.717) is 0 Å². The normalized spacial score (nSPS) is 29.7. The zero-order valence-electron chi connectivity index (χ0n) is 17.3. The van der Waals surface area contributed by atoms with Gasteiger partial charge < -0.3 is 44.8 Å². The van der Waals surface area contributed by atoms with E-state index in [1.807, 2.05) is 0 Å². The number of hydrogen-bond acceptors (Lipinski definition) is 12. The molecule has 0 spiro atoms. The van der Waals surface area contributed by atoms with E-state index < -0.39 is 65.8 Å². The predicted molar refractivity (Wildman–Crippen MR) is 110 cm³/mol. The zero-order valence-corrected chi connectivity index (χ0v) is 20.0. The first-order chi connectivity index (χ1) is 15.9. The number of rotatable bonds is 9. The van der Waals surface area contributed by atoms with Crippen molar-refractivity contribution in [2.75, 3.05) is 12.4 Å². The summed E-state index contributed by atoms with van der Waals surface area (Å²) in [6.07, 6.45) is -6.37. The minimum absolute atomic E-state index is 0.0386. The Bertz CT molecular complexity index is 1310. The van der Waals surface area contributed by atoms with Crippen LogP contribution in [0.1, 0.15) is 13.2 Å². The highest BCUT2D eigenvalue weighted by Gasteiger charge is 2.59. The van der Waals surface area contributed by atoms with E-state index >= 15 is 0 Å². The van der Waals surface area contributed by atoms with Gasteiger partial charge in [-0.2, -0.15) is 13.6 Å². The van der Waals surface area contributed by atoms with Gasteiger partial charge in [-0.25, -0.2) is 18.1 Å². The van der Waals surface area contributed by atoms with E-state index in [2.05, 4.69) is 23.1 Å². The van der Waals surface area contributed by atoms with Crippen molar-refractivity contribution in [1.82, 2.24) is 14.5 Å². The molecule has 3 rings (SSSR count). The largest absolute Gasteiger partial charge is 0.490 e. The number of nitrogens with two attached hydrogens (primary N) is 1. The maximum Gasteiger partial charge on any atom is 0.490 e. The van der Waals surface area contributed by atoms with Gasteiger partial charge in [0.2, 0.25) is 5.95 Å². The van der Waals surface area contributed by atoms with Crippen LogP contribution in [0.4, 0.5) is 10.3 Å². The van der Waals surface area contributed by atoms with Crippen LogP contribution in [0.2, 0.25) is 0 Å². The fourth-order valence-electron chi connectivity index (χ4n) is 3.41. The Morgan fingerprint density at radius 2 is 1.91 bits per heavy atom. The number of aliphatic hydroxyl groups is 2. The summed E-state index contributed by atoms with van der Waals surface area (Å²) in [5, 5.41) is 21.3. The highest BCUT2D eigenvalue weighted by Crippen LogP contribution is 2.66. The number of fused-ring (bicyclic) bond motifs is 1. The highest BCUT2D eigenvalue weighted by atomic mass is 31.3. The Morgan fingerprint density at radius 3 is 2.49 bits per heavy atom. The first-order valence-corrected chi connectivity index (χ1v) is 13.7. The van der Waals surface area contributed by atoms with E-state index in [-0.39, 0.29) is 17.0 Å². The zero-order chi connectivity index (χ0) is 26.6. The molecule has 9 N–H and O–H groups in total. The first-order valence-electron chi connectivity index (χ1n) is 9.19. The predicted octanol–water partition coefficient (Wildman–Crippen LogP) is -1.00. The smallest absolute Gasteiger partial charge is 0.387 e. The second-order valence-electron chi connectivity index (χ2n) is 7.34. The summed E-state index contributed by atoms with van der Waals surface area (Å²) >= 11 is 0. The van der Waals surface area contributed by atoms with Crippen molar-refractivity contribution < 1.29 is 65.8 Å². The molecule has 3 heterocycles. The minimum Gasteiger partial charge on any atom is -0.387 e. The number of nitrogens with one attached hydrogen (secondary N) is 1.